The maximum Gasteiger partial charge on any atom is 0.212 e. The van der Waals surface area contributed by atoms with Crippen molar-refractivity contribution in [3.8, 4) is 17.1 Å². The molecule has 3 N–H and O–H groups in total. The van der Waals surface area contributed by atoms with Crippen LogP contribution in [0, 0.1) is 0 Å². The number of aryl methyl sites for hydroxylation is 1. The van der Waals surface area contributed by atoms with Gasteiger partial charge in [0.05, 0.1) is 11.8 Å². The molecule has 0 bridgehead atoms. The molecule has 0 radical (unpaired) electrons. The lowest BCUT2D eigenvalue weighted by molar-refractivity contribution is 0.304. The molecule has 178 valence electrons. The number of H-pyrrole nitrogens is 1. The molecule has 1 aromatic heterocycles. The zero-order valence-corrected chi connectivity index (χ0v) is 20.1. The summed E-state index contributed by atoms with van der Waals surface area (Å²) in [6, 6.07) is 16.1. The zero-order chi connectivity index (χ0) is 23.7. The lowest BCUT2D eigenvalue weighted by atomic mass is 10.1. The molecule has 0 aliphatic carbocycles. The summed E-state index contributed by atoms with van der Waals surface area (Å²) in [5.41, 5.74) is 1.78. The van der Waals surface area contributed by atoms with Gasteiger partial charge in [0.1, 0.15) is 11.6 Å². The molecule has 3 aromatic rings. The van der Waals surface area contributed by atoms with E-state index in [9.17, 15) is 13.5 Å². The monoisotopic (exact) mass is 471 g/mol. The van der Waals surface area contributed by atoms with Crippen LogP contribution in [0.3, 0.4) is 0 Å². The van der Waals surface area contributed by atoms with Crippen LogP contribution in [0.1, 0.15) is 44.1 Å². The normalized spacial score (nSPS) is 12.8. The highest BCUT2D eigenvalue weighted by Gasteiger charge is 2.23. The van der Waals surface area contributed by atoms with Crippen LogP contribution in [0.4, 0.5) is 0 Å². The molecule has 3 rings (SSSR count). The molecule has 0 unspecified atom stereocenters. The quantitative estimate of drug-likeness (QED) is 0.352. The highest BCUT2D eigenvalue weighted by Crippen LogP contribution is 2.23. The maximum atomic E-state index is 12.9. The Morgan fingerprint density at radius 3 is 2.55 bits per heavy atom. The van der Waals surface area contributed by atoms with Crippen molar-refractivity contribution in [1.82, 2.24) is 24.8 Å². The van der Waals surface area contributed by atoms with Crippen LogP contribution in [-0.4, -0.2) is 59.0 Å². The molecule has 0 fully saturated rings. The number of phenolic OH excluding ortho intramolecular Hbond substituents is 1. The predicted molar refractivity (Wildman–Crippen MR) is 130 cm³/mol. The van der Waals surface area contributed by atoms with Crippen molar-refractivity contribution in [2.24, 2.45) is 0 Å². The number of nitrogens with zero attached hydrogens (tertiary/aromatic N) is 3. The van der Waals surface area contributed by atoms with E-state index in [-0.39, 0.29) is 11.5 Å². The number of aromatic amines is 1. The van der Waals surface area contributed by atoms with Crippen LogP contribution in [0.25, 0.3) is 11.4 Å². The van der Waals surface area contributed by atoms with Gasteiger partial charge in [-0.3, -0.25) is 5.10 Å². The maximum absolute atomic E-state index is 12.9. The molecular formula is C24H33N5O3S. The highest BCUT2D eigenvalue weighted by atomic mass is 32.2. The number of nitrogens with one attached hydrogen (secondary N) is 2. The summed E-state index contributed by atoms with van der Waals surface area (Å²) < 4.78 is 28.6. The zero-order valence-electron chi connectivity index (χ0n) is 19.2. The number of sulfonamides is 1. The largest absolute Gasteiger partial charge is 0.508 e. The molecule has 0 spiro atoms. The number of benzene rings is 2. The SMILES string of the molecule is CCN(CC)CCCS(=O)(=O)N[C@H](CCc1ccccc1)c1nc(-c2cccc(O)c2)n[nH]1. The molecule has 0 saturated heterocycles. The van der Waals surface area contributed by atoms with Gasteiger partial charge in [0.25, 0.3) is 0 Å². The van der Waals surface area contributed by atoms with Gasteiger partial charge in [-0.2, -0.15) is 5.10 Å². The van der Waals surface area contributed by atoms with Gasteiger partial charge in [-0.05, 0) is 56.6 Å². The summed E-state index contributed by atoms with van der Waals surface area (Å²) in [5, 5.41) is 16.9. The van der Waals surface area contributed by atoms with E-state index >= 15 is 0 Å². The highest BCUT2D eigenvalue weighted by molar-refractivity contribution is 7.89. The Labute approximate surface area is 196 Å². The minimum atomic E-state index is -3.51. The van der Waals surface area contributed by atoms with Crippen LogP contribution in [-0.2, 0) is 16.4 Å². The van der Waals surface area contributed by atoms with Gasteiger partial charge in [0.15, 0.2) is 5.82 Å². The molecule has 33 heavy (non-hydrogen) atoms. The van der Waals surface area contributed by atoms with Crippen molar-refractivity contribution in [1.29, 1.82) is 0 Å². The Kier molecular flexibility index (Phi) is 8.99. The van der Waals surface area contributed by atoms with Gasteiger partial charge in [-0.1, -0.05) is 56.3 Å². The molecule has 2 aromatic carbocycles. The van der Waals surface area contributed by atoms with E-state index in [1.165, 1.54) is 0 Å². The Morgan fingerprint density at radius 1 is 1.09 bits per heavy atom. The fraction of sp³-hybridized carbons (Fsp3) is 0.417. The molecule has 0 aliphatic rings. The molecule has 0 amide bonds. The van der Waals surface area contributed by atoms with Gasteiger partial charge in [-0.15, -0.1) is 0 Å². The average molecular weight is 472 g/mol. The second-order valence-corrected chi connectivity index (χ2v) is 9.86. The van der Waals surface area contributed by atoms with E-state index in [0.29, 0.717) is 36.5 Å². The van der Waals surface area contributed by atoms with Gasteiger partial charge < -0.3 is 10.0 Å². The number of rotatable bonds is 13. The minimum absolute atomic E-state index is 0.0545. The topological polar surface area (TPSA) is 111 Å². The minimum Gasteiger partial charge on any atom is -0.508 e. The van der Waals surface area contributed by atoms with Crippen molar-refractivity contribution in [2.75, 3.05) is 25.4 Å². The number of phenols is 1. The molecule has 8 nitrogen and oxygen atoms in total. The summed E-state index contributed by atoms with van der Waals surface area (Å²) in [6.45, 7) is 6.69. The Hall–Kier alpha value is -2.75. The van der Waals surface area contributed by atoms with E-state index in [2.05, 4.69) is 38.7 Å². The first-order chi connectivity index (χ1) is 15.9. The van der Waals surface area contributed by atoms with Crippen LogP contribution in [0.15, 0.2) is 54.6 Å². The molecule has 9 heteroatoms. The molecule has 1 heterocycles. The van der Waals surface area contributed by atoms with Gasteiger partial charge in [0.2, 0.25) is 10.0 Å². The van der Waals surface area contributed by atoms with Crippen LogP contribution < -0.4 is 4.72 Å². The molecule has 0 aliphatic heterocycles. The van der Waals surface area contributed by atoms with E-state index in [1.807, 2.05) is 30.3 Å². The number of hydrogen-bond acceptors (Lipinski definition) is 6. The lowest BCUT2D eigenvalue weighted by Crippen LogP contribution is -2.33. The Morgan fingerprint density at radius 2 is 1.85 bits per heavy atom. The fourth-order valence-corrected chi connectivity index (χ4v) is 5.00. The van der Waals surface area contributed by atoms with Gasteiger partial charge in [0, 0.05) is 5.56 Å². The van der Waals surface area contributed by atoms with E-state index in [0.717, 1.165) is 25.2 Å². The van der Waals surface area contributed by atoms with Crippen LogP contribution >= 0.6 is 0 Å². The summed E-state index contributed by atoms with van der Waals surface area (Å²) in [6.07, 6.45) is 1.79. The average Bonchev–Trinajstić information content (AvgIpc) is 3.30. The summed E-state index contributed by atoms with van der Waals surface area (Å²) in [4.78, 5) is 6.75. The van der Waals surface area contributed by atoms with Crippen molar-refractivity contribution in [2.45, 2.75) is 39.2 Å². The van der Waals surface area contributed by atoms with Crippen molar-refractivity contribution < 1.29 is 13.5 Å². The van der Waals surface area contributed by atoms with Crippen molar-refractivity contribution in [3.05, 3.63) is 66.0 Å². The standard InChI is InChI=1S/C24H33N5O3S/c1-3-29(4-2)16-9-17-33(31,32)28-22(15-14-19-10-6-5-7-11-19)24-25-23(26-27-24)20-12-8-13-21(30)18-20/h5-8,10-13,18,22,28,30H,3-4,9,14-17H2,1-2H3,(H,25,26,27)/t22-/m1/s1. The smallest absolute Gasteiger partial charge is 0.212 e. The summed E-state index contributed by atoms with van der Waals surface area (Å²) >= 11 is 0. The van der Waals surface area contributed by atoms with E-state index in [4.69, 9.17) is 0 Å². The third-order valence-corrected chi connectivity index (χ3v) is 7.08. The molecule has 1 atom stereocenters. The lowest BCUT2D eigenvalue weighted by Gasteiger charge is -2.19. The first-order valence-corrected chi connectivity index (χ1v) is 13.0. The number of aromatic hydroxyl groups is 1. The van der Waals surface area contributed by atoms with Crippen LogP contribution in [0.5, 0.6) is 5.75 Å². The van der Waals surface area contributed by atoms with Crippen molar-refractivity contribution in [3.63, 3.8) is 0 Å². The first kappa shape index (κ1) is 24.9. The Bertz CT molecular complexity index is 1100. The number of hydrogen-bond donors (Lipinski definition) is 3. The summed E-state index contributed by atoms with van der Waals surface area (Å²) in [7, 11) is -3.51. The van der Waals surface area contributed by atoms with Crippen molar-refractivity contribution >= 4 is 10.0 Å². The van der Waals surface area contributed by atoms with E-state index < -0.39 is 16.1 Å². The molecule has 0 saturated carbocycles. The first-order valence-electron chi connectivity index (χ1n) is 11.4. The van der Waals surface area contributed by atoms with E-state index in [1.54, 1.807) is 24.3 Å². The summed E-state index contributed by atoms with van der Waals surface area (Å²) in [5.74, 6) is 1.04. The predicted octanol–water partition coefficient (Wildman–Crippen LogP) is 3.50. The molecular weight excluding hydrogens is 438 g/mol. The second kappa shape index (κ2) is 11.9. The fourth-order valence-electron chi connectivity index (χ4n) is 3.71. The Balaban J connectivity index is 1.75. The van der Waals surface area contributed by atoms with Gasteiger partial charge >= 0.3 is 0 Å². The number of aromatic nitrogens is 3. The second-order valence-electron chi connectivity index (χ2n) is 7.99. The van der Waals surface area contributed by atoms with Gasteiger partial charge in [-0.25, -0.2) is 18.1 Å². The van der Waals surface area contributed by atoms with Crippen LogP contribution in [0.2, 0.25) is 0 Å². The third-order valence-electron chi connectivity index (χ3n) is 5.61. The third kappa shape index (κ3) is 7.66.